The second kappa shape index (κ2) is 29.6. The van der Waals surface area contributed by atoms with Crippen molar-refractivity contribution in [2.75, 3.05) is 6.54 Å². The van der Waals surface area contributed by atoms with Gasteiger partial charge in [0.05, 0.1) is 12.5 Å². The first-order valence-corrected chi connectivity index (χ1v) is 23.1. The lowest BCUT2D eigenvalue weighted by atomic mass is 9.96. The van der Waals surface area contributed by atoms with E-state index >= 15 is 0 Å². The largest absolute Gasteiger partial charge is 0.480 e. The fourth-order valence-corrected chi connectivity index (χ4v) is 6.91. The Morgan fingerprint density at radius 1 is 0.536 bits per heavy atom. The Hall–Kier alpha value is -7.10. The van der Waals surface area contributed by atoms with Crippen molar-refractivity contribution in [2.45, 2.75) is 141 Å². The van der Waals surface area contributed by atoms with E-state index in [0.29, 0.717) is 30.4 Å². The molecule has 69 heavy (non-hydrogen) atoms. The highest BCUT2D eigenvalue weighted by Gasteiger charge is 2.36. The lowest BCUT2D eigenvalue weighted by molar-refractivity contribution is -0.144. The van der Waals surface area contributed by atoms with Gasteiger partial charge in [-0.1, -0.05) is 108 Å². The number of benzene rings is 2. The summed E-state index contributed by atoms with van der Waals surface area (Å²) in [5.74, 6) is -8.86. The van der Waals surface area contributed by atoms with E-state index in [1.807, 2.05) is 0 Å². The average Bonchev–Trinajstić information content (AvgIpc) is 3.31. The van der Waals surface area contributed by atoms with Gasteiger partial charge in [-0.15, -0.1) is 0 Å². The second-order valence-electron chi connectivity index (χ2n) is 17.1. The van der Waals surface area contributed by atoms with E-state index in [1.54, 1.807) is 95.3 Å². The molecule has 380 valence electrons. The van der Waals surface area contributed by atoms with Crippen LogP contribution in [-0.2, 0) is 56.0 Å². The average molecular weight is 965 g/mol. The first kappa shape index (κ1) is 58.0. The normalized spacial score (nSPS) is 15.3. The molecule has 0 fully saturated rings. The Labute approximate surface area is 403 Å². The van der Waals surface area contributed by atoms with E-state index in [2.05, 4.69) is 42.2 Å². The number of carboxylic acids is 1. The minimum Gasteiger partial charge on any atom is -0.480 e. The zero-order chi connectivity index (χ0) is 51.8. The molecule has 0 unspecified atom stereocenters. The Morgan fingerprint density at radius 3 is 1.45 bits per heavy atom. The van der Waals surface area contributed by atoms with E-state index in [0.717, 1.165) is 0 Å². The van der Waals surface area contributed by atoms with Crippen LogP contribution in [0.3, 0.4) is 0 Å². The monoisotopic (exact) mass is 965 g/mol. The van der Waals surface area contributed by atoms with Crippen molar-refractivity contribution >= 4 is 59.2 Å². The van der Waals surface area contributed by atoms with E-state index in [4.69, 9.17) is 22.9 Å². The van der Waals surface area contributed by atoms with Gasteiger partial charge in [0.25, 0.3) is 0 Å². The fraction of sp³-hybridized carbons (Fsp3) is 0.532. The minimum absolute atomic E-state index is 0.000888. The fourth-order valence-electron chi connectivity index (χ4n) is 6.91. The lowest BCUT2D eigenvalue weighted by Crippen LogP contribution is -2.61. The predicted octanol–water partition coefficient (Wildman–Crippen LogP) is -1.27. The number of guanidine groups is 1. The number of carbonyl (C=O) groups excluding carboxylic acids is 8. The summed E-state index contributed by atoms with van der Waals surface area (Å²) < 4.78 is 0. The Bertz CT molecular complexity index is 2070. The van der Waals surface area contributed by atoms with Crippen molar-refractivity contribution in [1.82, 2.24) is 37.2 Å². The molecule has 16 N–H and O–H groups in total. The third kappa shape index (κ3) is 20.3. The smallest absolute Gasteiger partial charge is 0.326 e. The summed E-state index contributed by atoms with van der Waals surface area (Å²) in [5.41, 5.74) is 23.5. The molecule has 0 bridgehead atoms. The minimum atomic E-state index is -1.58. The second-order valence-corrected chi connectivity index (χ2v) is 17.1. The summed E-state index contributed by atoms with van der Waals surface area (Å²) in [6.07, 6.45) is 0.838. The zero-order valence-corrected chi connectivity index (χ0v) is 40.3. The van der Waals surface area contributed by atoms with Crippen molar-refractivity contribution in [3.8, 4) is 0 Å². The van der Waals surface area contributed by atoms with Crippen molar-refractivity contribution < 1.29 is 48.3 Å². The molecule has 10 atom stereocenters. The summed E-state index contributed by atoms with van der Waals surface area (Å²) in [7, 11) is 0. The molecule has 22 nitrogen and oxygen atoms in total. The van der Waals surface area contributed by atoms with Gasteiger partial charge in [0, 0.05) is 19.4 Å². The summed E-state index contributed by atoms with van der Waals surface area (Å²) in [5, 5.41) is 27.8. The van der Waals surface area contributed by atoms with Crippen molar-refractivity contribution in [3.05, 3.63) is 71.8 Å². The number of nitrogens with zero attached hydrogens (tertiary/aromatic N) is 1. The predicted molar refractivity (Wildman–Crippen MR) is 258 cm³/mol. The highest BCUT2D eigenvalue weighted by molar-refractivity contribution is 5.98. The molecule has 0 aliphatic heterocycles. The van der Waals surface area contributed by atoms with Gasteiger partial charge in [-0.2, -0.15) is 0 Å². The third-order valence-corrected chi connectivity index (χ3v) is 11.5. The van der Waals surface area contributed by atoms with Gasteiger partial charge in [0.1, 0.15) is 42.3 Å². The first-order valence-electron chi connectivity index (χ1n) is 23.1. The maximum atomic E-state index is 14.3. The van der Waals surface area contributed by atoms with Gasteiger partial charge >= 0.3 is 5.97 Å². The standard InChI is InChI=1S/C47H72N12O10/c1-7-26(4)37(58-43(65)34(24-30-19-14-11-15-20-30)56-41(63)32(9-3)54-40(62)31(48)21-16-22-52-47(50)51)45(67)57-33(23-29-17-12-10-13-18-29)42(64)53-28(6)39(61)55-35(25-36(49)60)44(66)59-38(46(68)69)27(5)8-2/h10-15,17-20,26-28,31-35,37-38H,7-9,16,21-25,48H2,1-6H3,(H2,49,60)(H,53,64)(H,54,62)(H,55,61)(H,56,63)(H,57,67)(H,58,65)(H,59,66)(H,68,69)(H4,50,51,52)/t26-,27-,28-,31-,32-,33-,34-,35-,37-,38-/m0/s1. The number of aliphatic imine (C=N–C) groups is 1. The molecule has 0 spiro atoms. The van der Waals surface area contributed by atoms with Gasteiger partial charge in [0.2, 0.25) is 47.3 Å². The molecule has 0 radical (unpaired) electrons. The molecule has 0 saturated carbocycles. The van der Waals surface area contributed by atoms with Crippen LogP contribution in [0.25, 0.3) is 0 Å². The number of hydrogen-bond donors (Lipinski definition) is 12. The van der Waals surface area contributed by atoms with E-state index in [-0.39, 0.29) is 38.2 Å². The summed E-state index contributed by atoms with van der Waals surface area (Å²) >= 11 is 0. The number of carboxylic acid groups (broad SMARTS) is 1. The number of nitrogens with two attached hydrogens (primary N) is 4. The van der Waals surface area contributed by atoms with Crippen molar-refractivity contribution in [3.63, 3.8) is 0 Å². The van der Waals surface area contributed by atoms with Crippen LogP contribution < -0.4 is 60.2 Å². The van der Waals surface area contributed by atoms with Gasteiger partial charge in [0.15, 0.2) is 5.96 Å². The quantitative estimate of drug-likeness (QED) is 0.0247. The number of carbonyl (C=O) groups is 9. The number of nitrogens with one attached hydrogen (secondary N) is 7. The molecule has 0 aromatic heterocycles. The molecule has 0 aliphatic carbocycles. The SMILES string of the molecule is CC[C@H](NC(=O)[C@@H](N)CCCN=C(N)N)C(=O)N[C@@H](Cc1ccccc1)C(=O)N[C@H](C(=O)N[C@@H](Cc1ccccc1)C(=O)N[C@@H](C)C(=O)N[C@@H](CC(N)=O)C(=O)N[C@H](C(=O)O)[C@@H](C)CC)[C@@H](C)CC. The maximum Gasteiger partial charge on any atom is 0.326 e. The topological polar surface area (TPSA) is 375 Å². The van der Waals surface area contributed by atoms with Crippen LogP contribution in [0.4, 0.5) is 0 Å². The molecule has 2 rings (SSSR count). The third-order valence-electron chi connectivity index (χ3n) is 11.5. The van der Waals surface area contributed by atoms with E-state index in [9.17, 15) is 48.3 Å². The Balaban J connectivity index is 2.37. The number of aliphatic carboxylic acids is 1. The lowest BCUT2D eigenvalue weighted by Gasteiger charge is -2.29. The van der Waals surface area contributed by atoms with Gasteiger partial charge < -0.3 is 65.3 Å². The molecular formula is C47H72N12O10. The zero-order valence-electron chi connectivity index (χ0n) is 40.3. The first-order chi connectivity index (χ1) is 32.6. The van der Waals surface area contributed by atoms with Gasteiger partial charge in [-0.3, -0.25) is 43.3 Å². The highest BCUT2D eigenvalue weighted by atomic mass is 16.4. The van der Waals surface area contributed by atoms with Crippen LogP contribution in [0.5, 0.6) is 0 Å². The van der Waals surface area contributed by atoms with Crippen molar-refractivity contribution in [1.29, 1.82) is 0 Å². The Kier molecular flexibility index (Phi) is 24.9. The maximum absolute atomic E-state index is 14.3. The van der Waals surface area contributed by atoms with E-state index < -0.39 is 120 Å². The van der Waals surface area contributed by atoms with E-state index in [1.165, 1.54) is 6.92 Å². The van der Waals surface area contributed by atoms with Gasteiger partial charge in [-0.05, 0) is 49.1 Å². The van der Waals surface area contributed by atoms with Gasteiger partial charge in [-0.25, -0.2) is 4.79 Å². The molecular weight excluding hydrogens is 893 g/mol. The van der Waals surface area contributed by atoms with Crippen molar-refractivity contribution in [2.24, 2.45) is 39.8 Å². The van der Waals surface area contributed by atoms with Crippen LogP contribution in [0, 0.1) is 11.8 Å². The van der Waals surface area contributed by atoms with Crippen LogP contribution in [-0.4, -0.2) is 119 Å². The number of rotatable bonds is 30. The summed E-state index contributed by atoms with van der Waals surface area (Å²) in [6.45, 7) is 10.1. The molecule has 22 heteroatoms. The molecule has 0 heterocycles. The summed E-state index contributed by atoms with van der Waals surface area (Å²) in [4.78, 5) is 124. The molecule has 2 aromatic rings. The highest BCUT2D eigenvalue weighted by Crippen LogP contribution is 2.13. The number of primary amides is 1. The summed E-state index contributed by atoms with van der Waals surface area (Å²) in [6, 6.07) is 7.33. The molecule has 0 saturated heterocycles. The Morgan fingerprint density at radius 2 is 0.971 bits per heavy atom. The van der Waals surface area contributed by atoms with Crippen LogP contribution >= 0.6 is 0 Å². The molecule has 2 aromatic carbocycles. The van der Waals surface area contributed by atoms with Crippen LogP contribution in [0.15, 0.2) is 65.7 Å². The molecule has 0 aliphatic rings. The molecule has 8 amide bonds. The number of amides is 8. The van der Waals surface area contributed by atoms with Crippen LogP contribution in [0.1, 0.15) is 91.2 Å². The number of hydrogen-bond acceptors (Lipinski definition) is 11. The van der Waals surface area contributed by atoms with Crippen LogP contribution in [0.2, 0.25) is 0 Å².